The number of carboxylic acids is 1. The first-order valence-corrected chi connectivity index (χ1v) is 9.13. The number of hydrogen-bond acceptors (Lipinski definition) is 3. The Morgan fingerprint density at radius 3 is 2.41 bits per heavy atom. The lowest BCUT2D eigenvalue weighted by atomic mass is 9.86. The van der Waals surface area contributed by atoms with E-state index in [1.54, 1.807) is 0 Å². The third-order valence-electron chi connectivity index (χ3n) is 4.96. The molecular formula is C21H23FN2O3. The van der Waals surface area contributed by atoms with Crippen molar-refractivity contribution in [1.82, 2.24) is 5.32 Å². The monoisotopic (exact) mass is 370 g/mol. The molecule has 0 bridgehead atoms. The summed E-state index contributed by atoms with van der Waals surface area (Å²) in [4.78, 5) is 23.2. The lowest BCUT2D eigenvalue weighted by molar-refractivity contribution is -0.142. The number of nitrogens with one attached hydrogen (secondary N) is 2. The van der Waals surface area contributed by atoms with Crippen LogP contribution in [0.1, 0.15) is 41.6 Å². The maximum Gasteiger partial charge on any atom is 0.306 e. The molecule has 0 spiro atoms. The summed E-state index contributed by atoms with van der Waals surface area (Å²) in [6.07, 6.45) is 3.14. The number of aliphatic carboxylic acids is 1. The molecule has 0 heterocycles. The number of carbonyl (C=O) groups excluding carboxylic acids is 1. The molecule has 3 rings (SSSR count). The predicted molar refractivity (Wildman–Crippen MR) is 101 cm³/mol. The highest BCUT2D eigenvalue weighted by atomic mass is 19.1. The summed E-state index contributed by atoms with van der Waals surface area (Å²) in [7, 11) is 0. The molecular weight excluding hydrogens is 347 g/mol. The van der Waals surface area contributed by atoms with Gasteiger partial charge in [-0.15, -0.1) is 0 Å². The van der Waals surface area contributed by atoms with Crippen molar-refractivity contribution in [2.75, 3.05) is 5.32 Å². The average molecular weight is 370 g/mol. The van der Waals surface area contributed by atoms with Crippen LogP contribution in [0.4, 0.5) is 10.1 Å². The van der Waals surface area contributed by atoms with Gasteiger partial charge >= 0.3 is 5.97 Å². The first kappa shape index (κ1) is 19.0. The third-order valence-corrected chi connectivity index (χ3v) is 4.96. The number of amides is 1. The number of anilines is 1. The topological polar surface area (TPSA) is 78.4 Å². The van der Waals surface area contributed by atoms with Crippen molar-refractivity contribution in [2.24, 2.45) is 5.92 Å². The molecule has 0 atom stereocenters. The molecule has 142 valence electrons. The number of carbonyl (C=O) groups is 2. The Labute approximate surface area is 157 Å². The zero-order chi connectivity index (χ0) is 19.2. The first-order chi connectivity index (χ1) is 13.0. The number of carboxylic acid groups (broad SMARTS) is 1. The molecule has 0 saturated heterocycles. The second-order valence-electron chi connectivity index (χ2n) is 6.93. The minimum Gasteiger partial charge on any atom is -0.481 e. The van der Waals surface area contributed by atoms with E-state index in [-0.39, 0.29) is 17.6 Å². The van der Waals surface area contributed by atoms with Crippen LogP contribution in [0.25, 0.3) is 0 Å². The summed E-state index contributed by atoms with van der Waals surface area (Å²) >= 11 is 0. The van der Waals surface area contributed by atoms with E-state index >= 15 is 0 Å². The Morgan fingerprint density at radius 1 is 1.04 bits per heavy atom. The summed E-state index contributed by atoms with van der Waals surface area (Å²) in [5, 5.41) is 15.3. The molecule has 0 radical (unpaired) electrons. The smallest absolute Gasteiger partial charge is 0.306 e. The fourth-order valence-electron chi connectivity index (χ4n) is 3.37. The van der Waals surface area contributed by atoms with Crippen LogP contribution in [-0.4, -0.2) is 23.0 Å². The summed E-state index contributed by atoms with van der Waals surface area (Å²) in [5.41, 5.74) is 2.11. The van der Waals surface area contributed by atoms with Crippen molar-refractivity contribution in [3.63, 3.8) is 0 Å². The van der Waals surface area contributed by atoms with Crippen molar-refractivity contribution in [3.05, 3.63) is 65.5 Å². The third kappa shape index (κ3) is 5.37. The van der Waals surface area contributed by atoms with Gasteiger partial charge in [0.1, 0.15) is 5.82 Å². The van der Waals surface area contributed by atoms with Crippen molar-refractivity contribution >= 4 is 17.6 Å². The molecule has 1 aliphatic carbocycles. The largest absolute Gasteiger partial charge is 0.481 e. The highest BCUT2D eigenvalue weighted by Crippen LogP contribution is 2.24. The SMILES string of the molecule is O=C(Nc1cccc(CNC2CCC(C(=O)O)CC2)c1)c1ccc(F)cc1. The molecule has 27 heavy (non-hydrogen) atoms. The van der Waals surface area contributed by atoms with Gasteiger partial charge in [-0.2, -0.15) is 0 Å². The van der Waals surface area contributed by atoms with E-state index in [0.717, 1.165) is 18.4 Å². The zero-order valence-electron chi connectivity index (χ0n) is 15.0. The van der Waals surface area contributed by atoms with Gasteiger partial charge in [-0.3, -0.25) is 9.59 Å². The Kier molecular flexibility index (Phi) is 6.19. The van der Waals surface area contributed by atoms with Gasteiger partial charge < -0.3 is 15.7 Å². The lowest BCUT2D eigenvalue weighted by Crippen LogP contribution is -2.34. The standard InChI is InChI=1S/C21H23FN2O3/c22-17-8-4-15(5-9-17)20(25)24-19-3-1-2-14(12-19)13-23-18-10-6-16(7-11-18)21(26)27/h1-5,8-9,12,16,18,23H,6-7,10-11,13H2,(H,24,25)(H,26,27). The fraction of sp³-hybridized carbons (Fsp3) is 0.333. The van der Waals surface area contributed by atoms with E-state index in [9.17, 15) is 14.0 Å². The highest BCUT2D eigenvalue weighted by Gasteiger charge is 2.25. The first-order valence-electron chi connectivity index (χ1n) is 9.13. The maximum absolute atomic E-state index is 13.0. The van der Waals surface area contributed by atoms with E-state index in [0.29, 0.717) is 36.7 Å². The van der Waals surface area contributed by atoms with Gasteiger partial charge in [-0.05, 0) is 67.6 Å². The second-order valence-corrected chi connectivity index (χ2v) is 6.93. The van der Waals surface area contributed by atoms with Crippen molar-refractivity contribution in [3.8, 4) is 0 Å². The van der Waals surface area contributed by atoms with E-state index in [2.05, 4.69) is 10.6 Å². The minimum atomic E-state index is -0.696. The van der Waals surface area contributed by atoms with Crippen molar-refractivity contribution in [2.45, 2.75) is 38.3 Å². The quantitative estimate of drug-likeness (QED) is 0.722. The molecule has 0 aliphatic heterocycles. The van der Waals surface area contributed by atoms with Gasteiger partial charge in [0.2, 0.25) is 0 Å². The molecule has 5 nitrogen and oxygen atoms in total. The van der Waals surface area contributed by atoms with Crippen LogP contribution in [0.3, 0.4) is 0 Å². The Hall–Kier alpha value is -2.73. The van der Waals surface area contributed by atoms with E-state index in [1.807, 2.05) is 24.3 Å². The average Bonchev–Trinajstić information content (AvgIpc) is 2.67. The summed E-state index contributed by atoms with van der Waals surface area (Å²) in [5.74, 6) is -1.57. The van der Waals surface area contributed by atoms with Gasteiger partial charge in [-0.1, -0.05) is 12.1 Å². The van der Waals surface area contributed by atoms with Crippen LogP contribution in [-0.2, 0) is 11.3 Å². The highest BCUT2D eigenvalue weighted by molar-refractivity contribution is 6.04. The second kappa shape index (κ2) is 8.77. The zero-order valence-corrected chi connectivity index (χ0v) is 15.0. The Morgan fingerprint density at radius 2 is 1.74 bits per heavy atom. The van der Waals surface area contributed by atoms with E-state index < -0.39 is 5.97 Å². The van der Waals surface area contributed by atoms with Gasteiger partial charge in [-0.25, -0.2) is 4.39 Å². The van der Waals surface area contributed by atoms with Crippen LogP contribution in [0.15, 0.2) is 48.5 Å². The number of benzene rings is 2. The van der Waals surface area contributed by atoms with Gasteiger partial charge in [0.05, 0.1) is 5.92 Å². The van der Waals surface area contributed by atoms with Crippen LogP contribution >= 0.6 is 0 Å². The Balaban J connectivity index is 1.52. The molecule has 0 unspecified atom stereocenters. The Bertz CT molecular complexity index is 799. The molecule has 1 aliphatic rings. The summed E-state index contributed by atoms with van der Waals surface area (Å²) in [6.45, 7) is 0.655. The minimum absolute atomic E-state index is 0.215. The molecule has 3 N–H and O–H groups in total. The molecule has 1 saturated carbocycles. The number of rotatable bonds is 6. The van der Waals surface area contributed by atoms with Crippen LogP contribution in [0.5, 0.6) is 0 Å². The van der Waals surface area contributed by atoms with Crippen molar-refractivity contribution in [1.29, 1.82) is 0 Å². The fourth-order valence-corrected chi connectivity index (χ4v) is 3.37. The molecule has 0 aromatic heterocycles. The number of halogens is 1. The van der Waals surface area contributed by atoms with Gasteiger partial charge in [0, 0.05) is 23.8 Å². The molecule has 1 fully saturated rings. The van der Waals surface area contributed by atoms with Crippen LogP contribution in [0, 0.1) is 11.7 Å². The lowest BCUT2D eigenvalue weighted by Gasteiger charge is -2.27. The summed E-state index contributed by atoms with van der Waals surface area (Å²) in [6, 6.07) is 13.3. The number of hydrogen-bond donors (Lipinski definition) is 3. The summed E-state index contributed by atoms with van der Waals surface area (Å²) < 4.78 is 13.0. The van der Waals surface area contributed by atoms with Gasteiger partial charge in [0.25, 0.3) is 5.91 Å². The molecule has 1 amide bonds. The van der Waals surface area contributed by atoms with Crippen molar-refractivity contribution < 1.29 is 19.1 Å². The van der Waals surface area contributed by atoms with Crippen LogP contribution < -0.4 is 10.6 Å². The van der Waals surface area contributed by atoms with Crippen LogP contribution in [0.2, 0.25) is 0 Å². The van der Waals surface area contributed by atoms with E-state index in [1.165, 1.54) is 24.3 Å². The van der Waals surface area contributed by atoms with Gasteiger partial charge in [0.15, 0.2) is 0 Å². The molecule has 6 heteroatoms. The molecule has 2 aromatic rings. The maximum atomic E-state index is 13.0. The predicted octanol–water partition coefficient (Wildman–Crippen LogP) is 3.81. The molecule has 2 aromatic carbocycles. The normalized spacial score (nSPS) is 19.4. The van der Waals surface area contributed by atoms with E-state index in [4.69, 9.17) is 5.11 Å².